The number of benzene rings is 1. The van der Waals surface area contributed by atoms with E-state index in [4.69, 9.17) is 0 Å². The van der Waals surface area contributed by atoms with E-state index in [2.05, 4.69) is 15.0 Å². The zero-order valence-corrected chi connectivity index (χ0v) is 11.4. The lowest BCUT2D eigenvalue weighted by atomic mass is 10.1. The molecule has 2 aromatic heterocycles. The van der Waals surface area contributed by atoms with E-state index in [1.54, 1.807) is 24.4 Å². The van der Waals surface area contributed by atoms with Gasteiger partial charge in [-0.2, -0.15) is 0 Å². The highest BCUT2D eigenvalue weighted by atomic mass is 16.3. The van der Waals surface area contributed by atoms with Crippen molar-refractivity contribution in [3.8, 4) is 0 Å². The van der Waals surface area contributed by atoms with E-state index >= 15 is 0 Å². The van der Waals surface area contributed by atoms with Crippen molar-refractivity contribution < 1.29 is 5.11 Å². The maximum atomic E-state index is 12.0. The monoisotopic (exact) mass is 279 g/mol. The molecule has 1 aromatic carbocycles. The van der Waals surface area contributed by atoms with E-state index in [0.29, 0.717) is 16.6 Å². The summed E-state index contributed by atoms with van der Waals surface area (Å²) in [5, 5.41) is 10.1. The summed E-state index contributed by atoms with van der Waals surface area (Å²) in [7, 11) is 0. The van der Waals surface area contributed by atoms with Crippen molar-refractivity contribution in [1.29, 1.82) is 0 Å². The Morgan fingerprint density at radius 2 is 2.00 bits per heavy atom. The van der Waals surface area contributed by atoms with Crippen molar-refractivity contribution in [2.24, 2.45) is 0 Å². The molecule has 0 aliphatic rings. The second-order valence-corrected chi connectivity index (χ2v) is 4.74. The van der Waals surface area contributed by atoms with Gasteiger partial charge in [0.15, 0.2) is 0 Å². The molecule has 0 aliphatic carbocycles. The molecular formula is C16H13N3O2. The van der Waals surface area contributed by atoms with Crippen LogP contribution in [0.2, 0.25) is 0 Å². The summed E-state index contributed by atoms with van der Waals surface area (Å²) >= 11 is 0. The van der Waals surface area contributed by atoms with Gasteiger partial charge in [-0.25, -0.2) is 4.98 Å². The number of hydrogen-bond donors (Lipinski definition) is 2. The molecule has 0 bridgehead atoms. The van der Waals surface area contributed by atoms with Gasteiger partial charge in [0.1, 0.15) is 11.5 Å². The first-order chi connectivity index (χ1) is 10.1. The van der Waals surface area contributed by atoms with Crippen LogP contribution in [0, 0.1) is 6.92 Å². The van der Waals surface area contributed by atoms with Gasteiger partial charge in [0, 0.05) is 17.8 Å². The van der Waals surface area contributed by atoms with Gasteiger partial charge < -0.3 is 10.1 Å². The number of aromatic nitrogens is 3. The van der Waals surface area contributed by atoms with E-state index in [-0.39, 0.29) is 17.0 Å². The average molecular weight is 279 g/mol. The molecule has 0 atom stereocenters. The lowest BCUT2D eigenvalue weighted by molar-refractivity contribution is 0.515. The molecule has 0 amide bonds. The molecule has 0 aliphatic heterocycles. The number of aliphatic hydroxyl groups is 1. The highest BCUT2D eigenvalue weighted by Gasteiger charge is 2.05. The van der Waals surface area contributed by atoms with Gasteiger partial charge in [-0.15, -0.1) is 0 Å². The van der Waals surface area contributed by atoms with E-state index in [1.807, 2.05) is 19.1 Å². The lowest BCUT2D eigenvalue weighted by Gasteiger charge is -2.02. The number of aromatic amines is 1. The molecule has 0 saturated carbocycles. The molecule has 5 heteroatoms. The molecular weight excluding hydrogens is 266 g/mol. The van der Waals surface area contributed by atoms with Gasteiger partial charge in [0.05, 0.1) is 17.2 Å². The lowest BCUT2D eigenvalue weighted by Crippen LogP contribution is -2.12. The van der Waals surface area contributed by atoms with E-state index in [0.717, 1.165) is 5.56 Å². The summed E-state index contributed by atoms with van der Waals surface area (Å²) in [4.78, 5) is 22.8. The second kappa shape index (κ2) is 5.20. The number of nitrogens with one attached hydrogen (secondary N) is 1. The summed E-state index contributed by atoms with van der Waals surface area (Å²) < 4.78 is 0. The molecule has 3 aromatic rings. The topological polar surface area (TPSA) is 78.9 Å². The van der Waals surface area contributed by atoms with Gasteiger partial charge in [-0.1, -0.05) is 29.8 Å². The van der Waals surface area contributed by atoms with Crippen LogP contribution in [0.3, 0.4) is 0 Å². The zero-order valence-electron chi connectivity index (χ0n) is 11.4. The van der Waals surface area contributed by atoms with E-state index < -0.39 is 0 Å². The fourth-order valence-corrected chi connectivity index (χ4v) is 1.98. The molecule has 3 rings (SSSR count). The van der Waals surface area contributed by atoms with Crippen LogP contribution in [0.25, 0.3) is 22.9 Å². The zero-order chi connectivity index (χ0) is 14.8. The Labute approximate surface area is 120 Å². The quantitative estimate of drug-likeness (QED) is 0.707. The summed E-state index contributed by atoms with van der Waals surface area (Å²) in [6.07, 6.45) is 4.50. The minimum absolute atomic E-state index is 0.00130. The van der Waals surface area contributed by atoms with Crippen LogP contribution in [0.15, 0.2) is 47.5 Å². The predicted octanol–water partition coefficient (Wildman–Crippen LogP) is 2.68. The molecule has 0 saturated heterocycles. The van der Waals surface area contributed by atoms with Crippen molar-refractivity contribution in [3.63, 3.8) is 0 Å². The molecule has 21 heavy (non-hydrogen) atoms. The molecule has 0 radical (unpaired) electrons. The Kier molecular flexibility index (Phi) is 3.23. The Morgan fingerprint density at radius 3 is 2.76 bits per heavy atom. The number of pyridine rings is 1. The number of aryl methyl sites for hydroxylation is 1. The fourth-order valence-electron chi connectivity index (χ4n) is 1.98. The van der Waals surface area contributed by atoms with E-state index in [9.17, 15) is 9.90 Å². The molecule has 104 valence electrons. The second-order valence-electron chi connectivity index (χ2n) is 4.74. The highest BCUT2D eigenvalue weighted by molar-refractivity contribution is 5.78. The third-order valence-electron chi connectivity index (χ3n) is 3.14. The van der Waals surface area contributed by atoms with Gasteiger partial charge in [-0.3, -0.25) is 9.78 Å². The maximum Gasteiger partial charge on any atom is 0.274 e. The SMILES string of the molecule is Cc1ccc(/C(O)=C/c2nc3ccncc3[nH]c2=O)cc1. The normalized spacial score (nSPS) is 11.8. The molecule has 2 N–H and O–H groups in total. The maximum absolute atomic E-state index is 12.0. The number of rotatable bonds is 2. The first kappa shape index (κ1) is 13.1. The van der Waals surface area contributed by atoms with Crippen molar-refractivity contribution in [2.75, 3.05) is 0 Å². The first-order valence-electron chi connectivity index (χ1n) is 6.45. The number of hydrogen-bond acceptors (Lipinski definition) is 4. The van der Waals surface area contributed by atoms with Crippen LogP contribution in [0.4, 0.5) is 0 Å². The summed E-state index contributed by atoms with van der Waals surface area (Å²) in [5.74, 6) is 0.00130. The average Bonchev–Trinajstić information content (AvgIpc) is 2.48. The third kappa shape index (κ3) is 2.67. The molecule has 0 fully saturated rings. The Morgan fingerprint density at radius 1 is 1.24 bits per heavy atom. The van der Waals surface area contributed by atoms with Crippen LogP contribution in [-0.4, -0.2) is 20.1 Å². The number of fused-ring (bicyclic) bond motifs is 1. The largest absolute Gasteiger partial charge is 0.507 e. The first-order valence-corrected chi connectivity index (χ1v) is 6.45. The molecule has 5 nitrogen and oxygen atoms in total. The van der Waals surface area contributed by atoms with Crippen molar-refractivity contribution >= 4 is 22.9 Å². The number of H-pyrrole nitrogens is 1. The Bertz CT molecular complexity index is 880. The number of nitrogens with zero attached hydrogens (tertiary/aromatic N) is 2. The van der Waals surface area contributed by atoms with Gasteiger partial charge in [0.2, 0.25) is 0 Å². The molecule has 0 spiro atoms. The van der Waals surface area contributed by atoms with Gasteiger partial charge in [-0.05, 0) is 13.0 Å². The van der Waals surface area contributed by atoms with Crippen LogP contribution < -0.4 is 5.56 Å². The fraction of sp³-hybridized carbons (Fsp3) is 0.0625. The number of aliphatic hydroxyl groups excluding tert-OH is 1. The Hall–Kier alpha value is -2.95. The van der Waals surface area contributed by atoms with Crippen molar-refractivity contribution in [2.45, 2.75) is 6.92 Å². The summed E-state index contributed by atoms with van der Waals surface area (Å²) in [6, 6.07) is 9.07. The van der Waals surface area contributed by atoms with Crippen LogP contribution in [0.1, 0.15) is 16.8 Å². The van der Waals surface area contributed by atoms with Gasteiger partial charge >= 0.3 is 0 Å². The van der Waals surface area contributed by atoms with E-state index in [1.165, 1.54) is 12.3 Å². The summed E-state index contributed by atoms with van der Waals surface area (Å²) in [5.41, 5.74) is 2.71. The van der Waals surface area contributed by atoms with Crippen molar-refractivity contribution in [1.82, 2.24) is 15.0 Å². The smallest absolute Gasteiger partial charge is 0.274 e. The minimum Gasteiger partial charge on any atom is -0.507 e. The predicted molar refractivity (Wildman–Crippen MR) is 81.8 cm³/mol. The highest BCUT2D eigenvalue weighted by Crippen LogP contribution is 2.15. The van der Waals surface area contributed by atoms with Gasteiger partial charge in [0.25, 0.3) is 5.56 Å². The van der Waals surface area contributed by atoms with Crippen molar-refractivity contribution in [3.05, 3.63) is 69.9 Å². The minimum atomic E-state index is -0.367. The molecule has 0 unspecified atom stereocenters. The van der Waals surface area contributed by atoms with Crippen LogP contribution >= 0.6 is 0 Å². The standard InChI is InChI=1S/C16H13N3O2/c1-10-2-4-11(5-3-10)15(20)8-13-16(21)19-14-9-17-7-6-12(14)18-13/h2-9,20H,1H3,(H,19,21)/b15-8-. The summed E-state index contributed by atoms with van der Waals surface area (Å²) in [6.45, 7) is 1.97. The Balaban J connectivity index is 2.07. The molecule has 2 heterocycles. The van der Waals surface area contributed by atoms with Crippen LogP contribution in [0.5, 0.6) is 0 Å². The van der Waals surface area contributed by atoms with Crippen LogP contribution in [-0.2, 0) is 0 Å². The third-order valence-corrected chi connectivity index (χ3v) is 3.14.